The van der Waals surface area contributed by atoms with E-state index >= 15 is 0 Å². The van der Waals surface area contributed by atoms with Crippen molar-refractivity contribution in [3.8, 4) is 0 Å². The highest BCUT2D eigenvalue weighted by Crippen LogP contribution is 2.18. The van der Waals surface area contributed by atoms with Gasteiger partial charge in [0.25, 0.3) is 0 Å². The molecule has 7 heteroatoms. The van der Waals surface area contributed by atoms with Gasteiger partial charge in [0.05, 0.1) is 12.6 Å². The van der Waals surface area contributed by atoms with Crippen molar-refractivity contribution in [1.29, 1.82) is 0 Å². The molecule has 172 valence electrons. The van der Waals surface area contributed by atoms with Crippen LogP contribution in [0.3, 0.4) is 0 Å². The number of benzene rings is 2. The van der Waals surface area contributed by atoms with Gasteiger partial charge in [0.1, 0.15) is 5.82 Å². The molecule has 2 amide bonds. The molecule has 0 aliphatic carbocycles. The molecule has 2 aromatic carbocycles. The van der Waals surface area contributed by atoms with Gasteiger partial charge in [-0.05, 0) is 62.1 Å². The van der Waals surface area contributed by atoms with Gasteiger partial charge in [0.15, 0.2) is 0 Å². The molecule has 32 heavy (non-hydrogen) atoms. The van der Waals surface area contributed by atoms with E-state index in [4.69, 9.17) is 0 Å². The quantitative estimate of drug-likeness (QED) is 0.663. The summed E-state index contributed by atoms with van der Waals surface area (Å²) in [5.74, 6) is -0.278. The third kappa shape index (κ3) is 6.61. The van der Waals surface area contributed by atoms with E-state index in [9.17, 15) is 14.0 Å². The monoisotopic (exact) mass is 440 g/mol. The van der Waals surface area contributed by atoms with Crippen LogP contribution in [-0.2, 0) is 16.0 Å². The molecule has 3 rings (SSSR count). The lowest BCUT2D eigenvalue weighted by molar-refractivity contribution is -0.127. The molecule has 0 aromatic heterocycles. The minimum Gasteiger partial charge on any atom is -0.354 e. The largest absolute Gasteiger partial charge is 0.354 e. The first-order valence-electron chi connectivity index (χ1n) is 11.2. The van der Waals surface area contributed by atoms with Crippen LogP contribution in [0.5, 0.6) is 0 Å². The molecule has 1 fully saturated rings. The Balaban J connectivity index is 1.38. The second-order valence-electron chi connectivity index (χ2n) is 8.45. The van der Waals surface area contributed by atoms with Crippen molar-refractivity contribution in [2.24, 2.45) is 0 Å². The van der Waals surface area contributed by atoms with Gasteiger partial charge in [-0.1, -0.05) is 24.3 Å². The number of hydrogen-bond acceptors (Lipinski definition) is 4. The topological polar surface area (TPSA) is 64.7 Å². The van der Waals surface area contributed by atoms with Crippen LogP contribution in [0.15, 0.2) is 42.5 Å². The Kier molecular flexibility index (Phi) is 8.36. The Hall–Kier alpha value is -2.77. The van der Waals surface area contributed by atoms with Crippen molar-refractivity contribution < 1.29 is 14.0 Å². The van der Waals surface area contributed by atoms with E-state index in [2.05, 4.69) is 20.4 Å². The fraction of sp³-hybridized carbons (Fsp3) is 0.440. The van der Waals surface area contributed by atoms with Crippen LogP contribution < -0.4 is 10.6 Å². The molecule has 1 aliphatic rings. The number of amides is 2. The maximum absolute atomic E-state index is 13.0. The summed E-state index contributed by atoms with van der Waals surface area (Å²) < 4.78 is 13.0. The summed E-state index contributed by atoms with van der Waals surface area (Å²) in [5.41, 5.74) is 4.10. The fourth-order valence-electron chi connectivity index (χ4n) is 3.88. The molecule has 0 spiro atoms. The molecule has 1 saturated heterocycles. The normalized spacial score (nSPS) is 15.9. The number of halogens is 1. The lowest BCUT2D eigenvalue weighted by atomic mass is 10.1. The average molecular weight is 441 g/mol. The third-order valence-electron chi connectivity index (χ3n) is 6.21. The van der Waals surface area contributed by atoms with Gasteiger partial charge in [-0.3, -0.25) is 19.4 Å². The van der Waals surface area contributed by atoms with Crippen molar-refractivity contribution in [3.05, 3.63) is 65.0 Å². The summed E-state index contributed by atoms with van der Waals surface area (Å²) in [6.45, 7) is 9.79. The molecule has 1 atom stereocenters. The Bertz CT molecular complexity index is 924. The Morgan fingerprint density at radius 2 is 1.72 bits per heavy atom. The number of hydrogen-bond donors (Lipinski definition) is 2. The number of rotatable bonds is 8. The summed E-state index contributed by atoms with van der Waals surface area (Å²) in [6, 6.07) is 12.0. The summed E-state index contributed by atoms with van der Waals surface area (Å²) >= 11 is 0. The lowest BCUT2D eigenvalue weighted by Crippen LogP contribution is -2.54. The predicted octanol–water partition coefficient (Wildman–Crippen LogP) is 2.75. The number of aryl methyl sites for hydroxylation is 1. The first-order valence-corrected chi connectivity index (χ1v) is 11.2. The Morgan fingerprint density at radius 3 is 2.41 bits per heavy atom. The predicted molar refractivity (Wildman–Crippen MR) is 125 cm³/mol. The van der Waals surface area contributed by atoms with E-state index in [1.54, 1.807) is 12.1 Å². The van der Waals surface area contributed by atoms with E-state index in [1.165, 1.54) is 12.1 Å². The number of anilines is 1. The van der Waals surface area contributed by atoms with Crippen LogP contribution in [0.2, 0.25) is 0 Å². The van der Waals surface area contributed by atoms with Gasteiger partial charge < -0.3 is 10.6 Å². The summed E-state index contributed by atoms with van der Waals surface area (Å²) in [5, 5.41) is 5.98. The molecule has 6 nitrogen and oxygen atoms in total. The number of nitrogens with zero attached hydrogens (tertiary/aromatic N) is 2. The molecular formula is C25H33FN4O2. The molecule has 2 N–H and O–H groups in total. The third-order valence-corrected chi connectivity index (χ3v) is 6.21. The zero-order valence-corrected chi connectivity index (χ0v) is 19.2. The van der Waals surface area contributed by atoms with Gasteiger partial charge in [0, 0.05) is 38.4 Å². The lowest BCUT2D eigenvalue weighted by Gasteiger charge is -2.37. The van der Waals surface area contributed by atoms with Gasteiger partial charge in [-0.25, -0.2) is 4.39 Å². The van der Waals surface area contributed by atoms with E-state index in [0.717, 1.165) is 48.6 Å². The molecule has 2 aromatic rings. The summed E-state index contributed by atoms with van der Waals surface area (Å²) in [6.07, 6.45) is 0.669. The Morgan fingerprint density at radius 1 is 1.03 bits per heavy atom. The summed E-state index contributed by atoms with van der Waals surface area (Å²) in [4.78, 5) is 29.3. The minimum absolute atomic E-state index is 0.00627. The maximum atomic E-state index is 13.0. The van der Waals surface area contributed by atoms with Crippen LogP contribution in [0.25, 0.3) is 0 Å². The molecule has 0 bridgehead atoms. The van der Waals surface area contributed by atoms with Crippen molar-refractivity contribution in [1.82, 2.24) is 15.1 Å². The van der Waals surface area contributed by atoms with Crippen LogP contribution >= 0.6 is 0 Å². The number of piperazine rings is 1. The molecule has 1 unspecified atom stereocenters. The van der Waals surface area contributed by atoms with E-state index in [-0.39, 0.29) is 23.7 Å². The first-order chi connectivity index (χ1) is 15.3. The molecule has 1 aliphatic heterocycles. The first kappa shape index (κ1) is 23.9. The number of carbonyl (C=O) groups is 2. The highest BCUT2D eigenvalue weighted by molar-refractivity contribution is 5.93. The standard InChI is InChI=1S/C25H33FN4O2/c1-18-5-4-6-23(19(18)2)28-24(31)17-29-13-15-30(16-14-29)20(3)25(32)27-12-11-21-7-9-22(26)10-8-21/h4-10,20H,11-17H2,1-3H3,(H,27,32)(H,28,31). The highest BCUT2D eigenvalue weighted by Gasteiger charge is 2.26. The maximum Gasteiger partial charge on any atom is 0.238 e. The summed E-state index contributed by atoms with van der Waals surface area (Å²) in [7, 11) is 0. The van der Waals surface area contributed by atoms with Gasteiger partial charge >= 0.3 is 0 Å². The van der Waals surface area contributed by atoms with E-state index in [0.29, 0.717) is 19.5 Å². The van der Waals surface area contributed by atoms with E-state index < -0.39 is 0 Å². The number of nitrogens with one attached hydrogen (secondary N) is 2. The van der Waals surface area contributed by atoms with Crippen LogP contribution in [0, 0.1) is 19.7 Å². The molecular weight excluding hydrogens is 407 g/mol. The second kappa shape index (κ2) is 11.2. The SMILES string of the molecule is Cc1cccc(NC(=O)CN2CCN(C(C)C(=O)NCCc3ccc(F)cc3)CC2)c1C. The van der Waals surface area contributed by atoms with Gasteiger partial charge in [0.2, 0.25) is 11.8 Å². The fourth-order valence-corrected chi connectivity index (χ4v) is 3.88. The zero-order chi connectivity index (χ0) is 23.1. The molecule has 0 radical (unpaired) electrons. The highest BCUT2D eigenvalue weighted by atomic mass is 19.1. The Labute approximate surface area is 189 Å². The van der Waals surface area contributed by atoms with Crippen molar-refractivity contribution in [2.45, 2.75) is 33.2 Å². The van der Waals surface area contributed by atoms with Gasteiger partial charge in [-0.2, -0.15) is 0 Å². The van der Waals surface area contributed by atoms with Crippen LogP contribution in [-0.4, -0.2) is 66.9 Å². The van der Waals surface area contributed by atoms with Crippen LogP contribution in [0.1, 0.15) is 23.6 Å². The smallest absolute Gasteiger partial charge is 0.238 e. The van der Waals surface area contributed by atoms with Gasteiger partial charge in [-0.15, -0.1) is 0 Å². The van der Waals surface area contributed by atoms with Crippen molar-refractivity contribution in [2.75, 3.05) is 44.6 Å². The zero-order valence-electron chi connectivity index (χ0n) is 19.2. The average Bonchev–Trinajstić information content (AvgIpc) is 2.78. The number of carbonyl (C=O) groups excluding carboxylic acids is 2. The van der Waals surface area contributed by atoms with Crippen molar-refractivity contribution in [3.63, 3.8) is 0 Å². The second-order valence-corrected chi connectivity index (χ2v) is 8.45. The minimum atomic E-state index is -0.256. The van der Waals surface area contributed by atoms with E-state index in [1.807, 2.05) is 39.0 Å². The molecule has 0 saturated carbocycles. The van der Waals surface area contributed by atoms with Crippen LogP contribution in [0.4, 0.5) is 10.1 Å². The molecule has 1 heterocycles. The van der Waals surface area contributed by atoms with Crippen molar-refractivity contribution >= 4 is 17.5 Å².